The molecule has 0 spiro atoms. The van der Waals surface area contributed by atoms with Gasteiger partial charge in [-0.25, -0.2) is 4.99 Å². The maximum atomic E-state index is 5.79. The average Bonchev–Trinajstić information content (AvgIpc) is 2.64. The topological polar surface area (TPSA) is 67.8 Å². The number of hydrogen-bond donors (Lipinski definition) is 2. The van der Waals surface area contributed by atoms with Gasteiger partial charge in [0.25, 0.3) is 0 Å². The highest BCUT2D eigenvalue weighted by atomic mass is 127. The van der Waals surface area contributed by atoms with Crippen LogP contribution in [0, 0.1) is 12.8 Å². The number of aryl methyl sites for hydroxylation is 1. The molecular weight excluding hydrogens is 443 g/mol. The van der Waals surface area contributed by atoms with Crippen LogP contribution in [0.1, 0.15) is 37.4 Å². The van der Waals surface area contributed by atoms with Gasteiger partial charge >= 0.3 is 0 Å². The molecule has 1 aromatic rings. The van der Waals surface area contributed by atoms with Crippen LogP contribution in [0.3, 0.4) is 0 Å². The Morgan fingerprint density at radius 3 is 2.88 bits per heavy atom. The number of ether oxygens (including phenoxy) is 2. The van der Waals surface area contributed by atoms with Crippen LogP contribution in [0.2, 0.25) is 0 Å². The molecular formula is C19H33IN4O2. The summed E-state index contributed by atoms with van der Waals surface area (Å²) in [5, 5.41) is 6.63. The van der Waals surface area contributed by atoms with Gasteiger partial charge in [-0.15, -0.1) is 24.0 Å². The lowest BCUT2D eigenvalue weighted by atomic mass is 10.0. The average molecular weight is 476 g/mol. The van der Waals surface area contributed by atoms with Crippen molar-refractivity contribution < 1.29 is 9.47 Å². The Balaban J connectivity index is 0.00000338. The number of rotatable bonds is 9. The van der Waals surface area contributed by atoms with Gasteiger partial charge in [0.15, 0.2) is 5.96 Å². The third kappa shape index (κ3) is 9.14. The van der Waals surface area contributed by atoms with Gasteiger partial charge in [-0.3, -0.25) is 4.98 Å². The molecule has 1 aliphatic rings. The third-order valence-corrected chi connectivity index (χ3v) is 4.30. The fraction of sp³-hybridized carbons (Fsp3) is 0.684. The molecule has 1 saturated heterocycles. The third-order valence-electron chi connectivity index (χ3n) is 4.30. The van der Waals surface area contributed by atoms with Crippen molar-refractivity contribution in [3.05, 3.63) is 29.6 Å². The lowest BCUT2D eigenvalue weighted by molar-refractivity contribution is 0.0203. The molecule has 2 N–H and O–H groups in total. The van der Waals surface area contributed by atoms with E-state index in [0.717, 1.165) is 70.4 Å². The van der Waals surface area contributed by atoms with Crippen molar-refractivity contribution in [2.24, 2.45) is 10.9 Å². The second-order valence-electron chi connectivity index (χ2n) is 6.37. The largest absolute Gasteiger partial charge is 0.381 e. The number of nitrogens with zero attached hydrogens (tertiary/aromatic N) is 2. The van der Waals surface area contributed by atoms with E-state index in [1.165, 1.54) is 5.56 Å². The molecule has 2 heterocycles. The summed E-state index contributed by atoms with van der Waals surface area (Å²) in [6.07, 6.45) is 5.04. The molecule has 0 bridgehead atoms. The monoisotopic (exact) mass is 476 g/mol. The molecule has 6 nitrogen and oxygen atoms in total. The molecule has 2 rings (SSSR count). The van der Waals surface area contributed by atoms with E-state index >= 15 is 0 Å². The van der Waals surface area contributed by atoms with Gasteiger partial charge in [0.2, 0.25) is 0 Å². The van der Waals surface area contributed by atoms with E-state index in [1.54, 1.807) is 0 Å². The number of aliphatic imine (C=N–C) groups is 1. The summed E-state index contributed by atoms with van der Waals surface area (Å²) in [6, 6.07) is 4.01. The van der Waals surface area contributed by atoms with Crippen LogP contribution in [0.5, 0.6) is 0 Å². The summed E-state index contributed by atoms with van der Waals surface area (Å²) in [4.78, 5) is 9.00. The van der Waals surface area contributed by atoms with Gasteiger partial charge in [0, 0.05) is 45.7 Å². The zero-order valence-electron chi connectivity index (χ0n) is 16.0. The van der Waals surface area contributed by atoms with E-state index in [1.807, 2.05) is 12.3 Å². The first-order valence-electron chi connectivity index (χ1n) is 9.37. The fourth-order valence-corrected chi connectivity index (χ4v) is 2.72. The van der Waals surface area contributed by atoms with Crippen LogP contribution in [0.4, 0.5) is 0 Å². The SMILES string of the molecule is CCNC(=NCc1ncccc1C)NCCCOCC1CCOCC1.I. The minimum absolute atomic E-state index is 0. The highest BCUT2D eigenvalue weighted by Crippen LogP contribution is 2.14. The molecule has 0 unspecified atom stereocenters. The van der Waals surface area contributed by atoms with Crippen molar-refractivity contribution in [2.75, 3.05) is 39.5 Å². The van der Waals surface area contributed by atoms with Crippen LogP contribution in [-0.2, 0) is 16.0 Å². The minimum Gasteiger partial charge on any atom is -0.381 e. The Hall–Kier alpha value is -0.930. The first-order valence-corrected chi connectivity index (χ1v) is 9.37. The molecule has 1 aromatic heterocycles. The number of pyridine rings is 1. The Bertz CT molecular complexity index is 522. The van der Waals surface area contributed by atoms with Crippen molar-refractivity contribution in [3.63, 3.8) is 0 Å². The van der Waals surface area contributed by atoms with Crippen LogP contribution >= 0.6 is 24.0 Å². The van der Waals surface area contributed by atoms with Crippen molar-refractivity contribution in [2.45, 2.75) is 39.7 Å². The number of aromatic nitrogens is 1. The summed E-state index contributed by atoms with van der Waals surface area (Å²) >= 11 is 0. The van der Waals surface area contributed by atoms with Crippen LogP contribution in [-0.4, -0.2) is 50.5 Å². The van der Waals surface area contributed by atoms with Gasteiger partial charge in [-0.05, 0) is 50.7 Å². The quantitative estimate of drug-likeness (QED) is 0.248. The van der Waals surface area contributed by atoms with Gasteiger partial charge in [-0.2, -0.15) is 0 Å². The van der Waals surface area contributed by atoms with Gasteiger partial charge in [0.1, 0.15) is 0 Å². The van der Waals surface area contributed by atoms with Crippen molar-refractivity contribution in [1.82, 2.24) is 15.6 Å². The van der Waals surface area contributed by atoms with E-state index < -0.39 is 0 Å². The predicted molar refractivity (Wildman–Crippen MR) is 116 cm³/mol. The summed E-state index contributed by atoms with van der Waals surface area (Å²) < 4.78 is 11.2. The number of hydrogen-bond acceptors (Lipinski definition) is 4. The zero-order valence-corrected chi connectivity index (χ0v) is 18.3. The molecule has 0 saturated carbocycles. The first kappa shape index (κ1) is 23.1. The number of halogens is 1. The molecule has 26 heavy (non-hydrogen) atoms. The van der Waals surface area contributed by atoms with Gasteiger partial charge in [0.05, 0.1) is 12.2 Å². The van der Waals surface area contributed by atoms with E-state index in [9.17, 15) is 0 Å². The summed E-state index contributed by atoms with van der Waals surface area (Å²) in [5.41, 5.74) is 2.18. The zero-order chi connectivity index (χ0) is 17.7. The molecule has 0 amide bonds. The van der Waals surface area contributed by atoms with Crippen LogP contribution in [0.25, 0.3) is 0 Å². The lowest BCUT2D eigenvalue weighted by Crippen LogP contribution is -2.38. The molecule has 0 aromatic carbocycles. The standard InChI is InChI=1S/C19H32N4O2.HI/c1-3-20-19(23-14-18-16(2)6-4-9-21-18)22-10-5-11-25-15-17-7-12-24-13-8-17;/h4,6,9,17H,3,5,7-8,10-15H2,1-2H3,(H2,20,22,23);1H. The Labute approximate surface area is 174 Å². The molecule has 0 radical (unpaired) electrons. The summed E-state index contributed by atoms with van der Waals surface area (Å²) in [5.74, 6) is 1.50. The molecule has 0 aliphatic carbocycles. The molecule has 1 fully saturated rings. The maximum absolute atomic E-state index is 5.79. The van der Waals surface area contributed by atoms with E-state index in [2.05, 4.69) is 40.5 Å². The molecule has 148 valence electrons. The second kappa shape index (κ2) is 14.2. The van der Waals surface area contributed by atoms with E-state index in [-0.39, 0.29) is 24.0 Å². The normalized spacial score (nSPS) is 15.4. The van der Waals surface area contributed by atoms with E-state index in [4.69, 9.17) is 9.47 Å². The van der Waals surface area contributed by atoms with Gasteiger partial charge in [-0.1, -0.05) is 6.07 Å². The van der Waals surface area contributed by atoms with Crippen molar-refractivity contribution in [3.8, 4) is 0 Å². The Morgan fingerprint density at radius 1 is 1.35 bits per heavy atom. The highest BCUT2D eigenvalue weighted by Gasteiger charge is 2.13. The highest BCUT2D eigenvalue weighted by molar-refractivity contribution is 14.0. The van der Waals surface area contributed by atoms with Gasteiger partial charge < -0.3 is 20.1 Å². The number of guanidine groups is 1. The summed E-state index contributed by atoms with van der Waals surface area (Å²) in [7, 11) is 0. The first-order chi connectivity index (χ1) is 12.3. The Kier molecular flexibility index (Phi) is 12.6. The summed E-state index contributed by atoms with van der Waals surface area (Å²) in [6.45, 7) is 9.81. The van der Waals surface area contributed by atoms with Crippen LogP contribution < -0.4 is 10.6 Å². The number of nitrogens with one attached hydrogen (secondary N) is 2. The van der Waals surface area contributed by atoms with Crippen molar-refractivity contribution >= 4 is 29.9 Å². The second-order valence-corrected chi connectivity index (χ2v) is 6.37. The van der Waals surface area contributed by atoms with Crippen molar-refractivity contribution in [1.29, 1.82) is 0 Å². The molecule has 0 atom stereocenters. The smallest absolute Gasteiger partial charge is 0.191 e. The fourth-order valence-electron chi connectivity index (χ4n) is 2.72. The van der Waals surface area contributed by atoms with Crippen LogP contribution in [0.15, 0.2) is 23.3 Å². The minimum atomic E-state index is 0. The molecule has 1 aliphatic heterocycles. The predicted octanol–water partition coefficient (Wildman–Crippen LogP) is 2.90. The lowest BCUT2D eigenvalue weighted by Gasteiger charge is -2.21. The van der Waals surface area contributed by atoms with E-state index in [0.29, 0.717) is 12.5 Å². The maximum Gasteiger partial charge on any atom is 0.191 e. The Morgan fingerprint density at radius 2 is 2.15 bits per heavy atom. The molecule has 7 heteroatoms.